The first-order chi connectivity index (χ1) is 6.91. The molecule has 0 bridgehead atoms. The second kappa shape index (κ2) is 5.75. The van der Waals surface area contributed by atoms with Gasteiger partial charge in [0.25, 0.3) is 0 Å². The van der Waals surface area contributed by atoms with Gasteiger partial charge >= 0.3 is 5.97 Å². The van der Waals surface area contributed by atoms with Crippen LogP contribution in [0, 0.1) is 10.7 Å². The van der Waals surface area contributed by atoms with Gasteiger partial charge in [0, 0.05) is 16.3 Å². The van der Waals surface area contributed by atoms with E-state index in [4.69, 9.17) is 5.11 Å². The fraction of sp³-hybridized carbons (Fsp3) is 0.111. The molecular formula is C9H5I3O3. The monoisotopic (exact) mass is 542 g/mol. The molecule has 0 heterocycles. The Bertz CT molecular complexity index is 429. The van der Waals surface area contributed by atoms with Crippen LogP contribution < -0.4 is 0 Å². The molecule has 1 aromatic carbocycles. The summed E-state index contributed by atoms with van der Waals surface area (Å²) < 4.78 is 2.82. The van der Waals surface area contributed by atoms with E-state index >= 15 is 0 Å². The molecule has 0 radical (unpaired) electrons. The summed E-state index contributed by atoms with van der Waals surface area (Å²) in [5.41, 5.74) is 0.489. The molecule has 0 aliphatic heterocycles. The molecular weight excluding hydrogens is 537 g/mol. The molecule has 0 fully saturated rings. The highest BCUT2D eigenvalue weighted by Crippen LogP contribution is 2.23. The smallest absolute Gasteiger partial charge is 0.311 e. The molecule has 1 rings (SSSR count). The number of benzene rings is 1. The average Bonchev–Trinajstić information content (AvgIpc) is 2.09. The van der Waals surface area contributed by atoms with E-state index in [-0.39, 0.29) is 5.78 Å². The predicted octanol–water partition coefficient (Wildman–Crippen LogP) is 3.16. The van der Waals surface area contributed by atoms with Crippen molar-refractivity contribution in [3.05, 3.63) is 28.4 Å². The van der Waals surface area contributed by atoms with Crippen LogP contribution in [0.2, 0.25) is 0 Å². The van der Waals surface area contributed by atoms with E-state index < -0.39 is 12.4 Å². The van der Waals surface area contributed by atoms with Crippen LogP contribution in [-0.4, -0.2) is 16.9 Å². The minimum atomic E-state index is -1.09. The van der Waals surface area contributed by atoms with E-state index in [2.05, 4.69) is 45.2 Å². The molecule has 80 valence electrons. The number of ketones is 1. The molecule has 0 unspecified atom stereocenters. The highest BCUT2D eigenvalue weighted by atomic mass is 127. The third kappa shape index (κ3) is 3.80. The van der Waals surface area contributed by atoms with Gasteiger partial charge in [-0.2, -0.15) is 0 Å². The van der Waals surface area contributed by atoms with Crippen molar-refractivity contribution in [2.75, 3.05) is 0 Å². The van der Waals surface area contributed by atoms with Gasteiger partial charge in [-0.15, -0.1) is 0 Å². The Balaban J connectivity index is 3.09. The third-order valence-electron chi connectivity index (χ3n) is 1.62. The summed E-state index contributed by atoms with van der Waals surface area (Å²) in [6.45, 7) is 0. The summed E-state index contributed by atoms with van der Waals surface area (Å²) in [4.78, 5) is 22.0. The first kappa shape index (κ1) is 13.6. The van der Waals surface area contributed by atoms with E-state index in [9.17, 15) is 9.59 Å². The molecule has 15 heavy (non-hydrogen) atoms. The number of rotatable bonds is 3. The number of carboxylic acid groups (broad SMARTS) is 1. The van der Waals surface area contributed by atoms with Crippen LogP contribution in [0.1, 0.15) is 16.8 Å². The lowest BCUT2D eigenvalue weighted by Gasteiger charge is -2.04. The van der Waals surface area contributed by atoms with Crippen molar-refractivity contribution in [1.29, 1.82) is 0 Å². The van der Waals surface area contributed by atoms with Gasteiger partial charge in [0.1, 0.15) is 6.42 Å². The van der Waals surface area contributed by atoms with Crippen LogP contribution in [0.4, 0.5) is 0 Å². The van der Waals surface area contributed by atoms with E-state index in [0.717, 1.165) is 10.7 Å². The number of hydrogen-bond donors (Lipinski definition) is 1. The zero-order valence-electron chi connectivity index (χ0n) is 7.26. The molecule has 0 aliphatic rings. The number of carboxylic acids is 1. The Hall–Kier alpha value is 0.550. The maximum Gasteiger partial charge on any atom is 0.311 e. The van der Waals surface area contributed by atoms with Crippen molar-refractivity contribution in [3.63, 3.8) is 0 Å². The Kier molecular flexibility index (Phi) is 5.22. The number of Topliss-reactive ketones (excluding diaryl/α,β-unsaturated/α-hetero) is 1. The molecule has 1 aromatic rings. The summed E-state index contributed by atoms with van der Waals surface area (Å²) in [5, 5.41) is 8.53. The van der Waals surface area contributed by atoms with Gasteiger partial charge in [0.15, 0.2) is 5.78 Å². The molecule has 0 saturated carbocycles. The van der Waals surface area contributed by atoms with Gasteiger partial charge in [-0.05, 0) is 79.9 Å². The normalized spacial score (nSPS) is 10.1. The van der Waals surface area contributed by atoms with E-state index in [1.165, 1.54) is 0 Å². The lowest BCUT2D eigenvalue weighted by atomic mass is 10.1. The highest BCUT2D eigenvalue weighted by molar-refractivity contribution is 14.1. The van der Waals surface area contributed by atoms with Gasteiger partial charge in [-0.3, -0.25) is 9.59 Å². The molecule has 0 spiro atoms. The first-order valence-electron chi connectivity index (χ1n) is 3.81. The maximum absolute atomic E-state index is 11.5. The van der Waals surface area contributed by atoms with Gasteiger partial charge in [0.05, 0.1) is 0 Å². The number of aliphatic carboxylic acids is 1. The van der Waals surface area contributed by atoms with Crippen LogP contribution in [0.25, 0.3) is 0 Å². The summed E-state index contributed by atoms with van der Waals surface area (Å²) in [7, 11) is 0. The molecule has 1 N–H and O–H groups in total. The van der Waals surface area contributed by atoms with Crippen molar-refractivity contribution in [2.24, 2.45) is 0 Å². The van der Waals surface area contributed by atoms with Crippen molar-refractivity contribution < 1.29 is 14.7 Å². The quantitative estimate of drug-likeness (QED) is 0.277. The van der Waals surface area contributed by atoms with Crippen LogP contribution in [-0.2, 0) is 4.79 Å². The molecule has 0 saturated heterocycles. The molecule has 0 atom stereocenters. The van der Waals surface area contributed by atoms with Crippen molar-refractivity contribution in [2.45, 2.75) is 6.42 Å². The predicted molar refractivity (Wildman–Crippen MR) is 81.2 cm³/mol. The van der Waals surface area contributed by atoms with Crippen molar-refractivity contribution in [3.8, 4) is 0 Å². The van der Waals surface area contributed by atoms with Crippen LogP contribution in [0.15, 0.2) is 12.1 Å². The second-order valence-electron chi connectivity index (χ2n) is 2.74. The molecule has 6 heteroatoms. The number of hydrogen-bond acceptors (Lipinski definition) is 2. The molecule has 0 amide bonds. The van der Waals surface area contributed by atoms with Gasteiger partial charge in [0.2, 0.25) is 0 Å². The first-order valence-corrected chi connectivity index (χ1v) is 7.05. The lowest BCUT2D eigenvalue weighted by molar-refractivity contribution is -0.135. The second-order valence-corrected chi connectivity index (χ2v) is 6.23. The largest absolute Gasteiger partial charge is 0.481 e. The summed E-state index contributed by atoms with van der Waals surface area (Å²) >= 11 is 6.34. The number of halogens is 3. The zero-order valence-corrected chi connectivity index (χ0v) is 13.7. The standard InChI is InChI=1S/C9H5I3O3/c10-5-2-7(12)6(11)1-4(5)8(13)3-9(14)15/h1-2H,3H2,(H,14,15). The van der Waals surface area contributed by atoms with Crippen molar-refractivity contribution in [1.82, 2.24) is 0 Å². The van der Waals surface area contributed by atoms with Gasteiger partial charge < -0.3 is 5.11 Å². The third-order valence-corrected chi connectivity index (χ3v) is 5.33. The Labute approximate surface area is 127 Å². The van der Waals surface area contributed by atoms with E-state index in [1.54, 1.807) is 6.07 Å². The summed E-state index contributed by atoms with van der Waals surface area (Å²) in [5.74, 6) is -1.44. The number of carbonyl (C=O) groups is 2. The maximum atomic E-state index is 11.5. The molecule has 0 aromatic heterocycles. The topological polar surface area (TPSA) is 54.4 Å². The van der Waals surface area contributed by atoms with Crippen LogP contribution in [0.5, 0.6) is 0 Å². The van der Waals surface area contributed by atoms with Crippen molar-refractivity contribution >= 4 is 79.5 Å². The fourth-order valence-corrected chi connectivity index (χ4v) is 3.27. The average molecular weight is 542 g/mol. The summed E-state index contributed by atoms with van der Waals surface area (Å²) in [6.07, 6.45) is -0.452. The fourth-order valence-electron chi connectivity index (χ4n) is 0.969. The minimum Gasteiger partial charge on any atom is -0.481 e. The van der Waals surface area contributed by atoms with E-state index in [1.807, 2.05) is 28.7 Å². The SMILES string of the molecule is O=C(O)CC(=O)c1cc(I)c(I)cc1I. The lowest BCUT2D eigenvalue weighted by Crippen LogP contribution is -2.09. The van der Waals surface area contributed by atoms with Gasteiger partial charge in [-0.1, -0.05) is 0 Å². The summed E-state index contributed by atoms with van der Waals surface area (Å²) in [6, 6.07) is 3.60. The Morgan fingerprint density at radius 1 is 1.07 bits per heavy atom. The Morgan fingerprint density at radius 3 is 2.13 bits per heavy atom. The van der Waals surface area contributed by atoms with Gasteiger partial charge in [-0.25, -0.2) is 0 Å². The molecule has 0 aliphatic carbocycles. The Morgan fingerprint density at radius 2 is 1.60 bits per heavy atom. The highest BCUT2D eigenvalue weighted by Gasteiger charge is 2.15. The molecule has 3 nitrogen and oxygen atoms in total. The van der Waals surface area contributed by atoms with Crippen LogP contribution >= 0.6 is 67.8 Å². The zero-order chi connectivity index (χ0) is 11.6. The number of carbonyl (C=O) groups excluding carboxylic acids is 1. The van der Waals surface area contributed by atoms with Crippen LogP contribution in [0.3, 0.4) is 0 Å². The van der Waals surface area contributed by atoms with E-state index in [0.29, 0.717) is 5.56 Å². The minimum absolute atomic E-state index is 0.346.